The molecular weight excluding hydrogens is 190 g/mol. The second-order valence-electron chi connectivity index (χ2n) is 3.11. The fraction of sp³-hybridized carbons (Fsp3) is 0.182. The van der Waals surface area contributed by atoms with Gasteiger partial charge in [-0.25, -0.2) is 0 Å². The third-order valence-corrected chi connectivity index (χ3v) is 1.79. The topological polar surface area (TPSA) is 65.2 Å². The Labute approximate surface area is 88.2 Å². The lowest BCUT2D eigenvalue weighted by atomic mass is 10.2. The minimum absolute atomic E-state index is 0.129. The molecule has 0 aromatic heterocycles. The summed E-state index contributed by atoms with van der Waals surface area (Å²) in [6.45, 7) is 3.28. The number of nitrogens with zero attached hydrogens (tertiary/aromatic N) is 2. The van der Waals surface area contributed by atoms with E-state index >= 15 is 0 Å². The quantitative estimate of drug-likeness (QED) is 0.599. The highest BCUT2D eigenvalue weighted by Crippen LogP contribution is 2.08. The van der Waals surface area contributed by atoms with Crippen LogP contribution < -0.4 is 5.43 Å². The molecule has 0 spiro atoms. The molecule has 0 aliphatic carbocycles. The van der Waals surface area contributed by atoms with Gasteiger partial charge in [0.15, 0.2) is 5.78 Å². The van der Waals surface area contributed by atoms with Gasteiger partial charge in [-0.2, -0.15) is 10.4 Å². The first-order chi connectivity index (χ1) is 7.13. The zero-order valence-corrected chi connectivity index (χ0v) is 8.61. The van der Waals surface area contributed by atoms with Crippen molar-refractivity contribution in [2.75, 3.05) is 5.43 Å². The van der Waals surface area contributed by atoms with Gasteiger partial charge in [-0.05, 0) is 19.1 Å². The largest absolute Gasteiger partial charge is 0.292 e. The highest BCUT2D eigenvalue weighted by atomic mass is 16.1. The van der Waals surface area contributed by atoms with E-state index in [9.17, 15) is 4.79 Å². The maximum Gasteiger partial charge on any atom is 0.203 e. The minimum Gasteiger partial charge on any atom is -0.292 e. The predicted octanol–water partition coefficient (Wildman–Crippen LogP) is 1.88. The van der Waals surface area contributed by atoms with Gasteiger partial charge in [0, 0.05) is 6.92 Å². The molecule has 4 heteroatoms. The van der Waals surface area contributed by atoms with Crippen molar-refractivity contribution in [3.05, 3.63) is 29.8 Å². The predicted molar refractivity (Wildman–Crippen MR) is 58.5 cm³/mol. The molecule has 0 saturated carbocycles. The lowest BCUT2D eigenvalue weighted by Gasteiger charge is -2.00. The Morgan fingerprint density at radius 2 is 2.00 bits per heavy atom. The van der Waals surface area contributed by atoms with E-state index in [4.69, 9.17) is 5.26 Å². The maximum atomic E-state index is 10.9. The van der Waals surface area contributed by atoms with Crippen LogP contribution in [0.3, 0.4) is 0 Å². The Kier molecular flexibility index (Phi) is 3.58. The Hall–Kier alpha value is -2.15. The van der Waals surface area contributed by atoms with Crippen molar-refractivity contribution in [3.8, 4) is 6.07 Å². The molecule has 0 fully saturated rings. The van der Waals surface area contributed by atoms with E-state index in [-0.39, 0.29) is 11.5 Å². The summed E-state index contributed by atoms with van der Waals surface area (Å²) in [6, 6.07) is 9.20. The van der Waals surface area contributed by atoms with Crippen LogP contribution in [0.2, 0.25) is 0 Å². The molecular formula is C11H11N3O. The third-order valence-electron chi connectivity index (χ3n) is 1.79. The number of ketones is 1. The van der Waals surface area contributed by atoms with Gasteiger partial charge < -0.3 is 0 Å². The van der Waals surface area contributed by atoms with E-state index < -0.39 is 0 Å². The number of carbonyl (C=O) groups excluding carboxylic acids is 1. The highest BCUT2D eigenvalue weighted by Gasteiger charge is 2.02. The number of carbonyl (C=O) groups is 1. The van der Waals surface area contributed by atoms with Crippen molar-refractivity contribution < 1.29 is 4.79 Å². The van der Waals surface area contributed by atoms with Gasteiger partial charge >= 0.3 is 0 Å². The van der Waals surface area contributed by atoms with Gasteiger partial charge in [0.1, 0.15) is 6.07 Å². The van der Waals surface area contributed by atoms with Crippen LogP contribution in [0.4, 0.5) is 5.69 Å². The van der Waals surface area contributed by atoms with Crippen molar-refractivity contribution in [1.82, 2.24) is 0 Å². The van der Waals surface area contributed by atoms with Gasteiger partial charge in [0.25, 0.3) is 0 Å². The zero-order valence-electron chi connectivity index (χ0n) is 8.61. The Balaban J connectivity index is 2.76. The molecule has 0 atom stereocenters. The molecule has 0 aliphatic heterocycles. The highest BCUT2D eigenvalue weighted by molar-refractivity contribution is 6.45. The molecule has 15 heavy (non-hydrogen) atoms. The van der Waals surface area contributed by atoms with E-state index in [0.29, 0.717) is 0 Å². The van der Waals surface area contributed by atoms with Gasteiger partial charge in [-0.15, -0.1) is 0 Å². The Bertz CT molecular complexity index is 426. The minimum atomic E-state index is -0.350. The number of nitrogens with one attached hydrogen (secondary N) is 1. The van der Waals surface area contributed by atoms with Crippen LogP contribution >= 0.6 is 0 Å². The molecule has 0 radical (unpaired) electrons. The summed E-state index contributed by atoms with van der Waals surface area (Å²) < 4.78 is 0. The lowest BCUT2D eigenvalue weighted by Crippen LogP contribution is -2.09. The van der Waals surface area contributed by atoms with Crippen molar-refractivity contribution in [3.63, 3.8) is 0 Å². The van der Waals surface area contributed by atoms with Crippen LogP contribution in [0.15, 0.2) is 29.4 Å². The van der Waals surface area contributed by atoms with Crippen LogP contribution in [-0.4, -0.2) is 11.5 Å². The summed E-state index contributed by atoms with van der Waals surface area (Å²) >= 11 is 0. The molecule has 1 aromatic carbocycles. The number of aryl methyl sites for hydroxylation is 1. The molecule has 76 valence electrons. The first-order valence-electron chi connectivity index (χ1n) is 4.45. The number of hydrogen-bond acceptors (Lipinski definition) is 4. The fourth-order valence-corrected chi connectivity index (χ4v) is 0.931. The number of benzene rings is 1. The second kappa shape index (κ2) is 4.91. The molecule has 0 heterocycles. The number of anilines is 1. The summed E-state index contributed by atoms with van der Waals surface area (Å²) in [6.07, 6.45) is 0. The molecule has 4 nitrogen and oxygen atoms in total. The summed E-state index contributed by atoms with van der Waals surface area (Å²) in [7, 11) is 0. The molecule has 0 saturated heterocycles. The van der Waals surface area contributed by atoms with Crippen LogP contribution in [0.5, 0.6) is 0 Å². The standard InChI is InChI=1S/C11H11N3O/c1-8-3-5-10(6-4-8)13-14-11(7-12)9(2)15/h3-6,13H,1-2H3/b14-11-. The first kappa shape index (κ1) is 10.9. The smallest absolute Gasteiger partial charge is 0.203 e. The van der Waals surface area contributed by atoms with E-state index in [1.165, 1.54) is 6.92 Å². The second-order valence-corrected chi connectivity index (χ2v) is 3.11. The molecule has 1 aromatic rings. The van der Waals surface area contributed by atoms with Crippen LogP contribution in [0.1, 0.15) is 12.5 Å². The summed E-state index contributed by atoms with van der Waals surface area (Å²) in [5, 5.41) is 12.3. The number of rotatable bonds is 3. The van der Waals surface area contributed by atoms with E-state index in [0.717, 1.165) is 11.3 Å². The average Bonchev–Trinajstić information content (AvgIpc) is 2.21. The summed E-state index contributed by atoms with van der Waals surface area (Å²) in [5.74, 6) is -0.350. The molecule has 0 bridgehead atoms. The maximum absolute atomic E-state index is 10.9. The average molecular weight is 201 g/mol. The number of Topliss-reactive ketones (excluding diaryl/α,β-unsaturated/α-hetero) is 1. The van der Waals surface area contributed by atoms with Crippen molar-refractivity contribution in [1.29, 1.82) is 5.26 Å². The van der Waals surface area contributed by atoms with Gasteiger partial charge in [-0.1, -0.05) is 17.7 Å². The molecule has 0 unspecified atom stereocenters. The van der Waals surface area contributed by atoms with E-state index in [2.05, 4.69) is 10.5 Å². The molecule has 0 amide bonds. The molecule has 0 aliphatic rings. The Morgan fingerprint density at radius 1 is 1.40 bits per heavy atom. The first-order valence-corrected chi connectivity index (χ1v) is 4.45. The van der Waals surface area contributed by atoms with Gasteiger partial charge in [0.05, 0.1) is 5.69 Å². The fourth-order valence-electron chi connectivity index (χ4n) is 0.931. The van der Waals surface area contributed by atoms with Crippen LogP contribution in [0, 0.1) is 18.3 Å². The van der Waals surface area contributed by atoms with Gasteiger partial charge in [0.2, 0.25) is 5.71 Å². The van der Waals surface area contributed by atoms with Crippen molar-refractivity contribution in [2.24, 2.45) is 5.10 Å². The summed E-state index contributed by atoms with van der Waals surface area (Å²) in [4.78, 5) is 10.9. The lowest BCUT2D eigenvalue weighted by molar-refractivity contribution is -0.110. The monoisotopic (exact) mass is 201 g/mol. The number of nitriles is 1. The number of hydrogen-bond donors (Lipinski definition) is 1. The van der Waals surface area contributed by atoms with Crippen molar-refractivity contribution >= 4 is 17.2 Å². The normalized spacial score (nSPS) is 10.6. The van der Waals surface area contributed by atoms with Crippen LogP contribution in [-0.2, 0) is 4.79 Å². The molecule has 1 N–H and O–H groups in total. The van der Waals surface area contributed by atoms with Gasteiger partial charge in [-0.3, -0.25) is 10.2 Å². The summed E-state index contributed by atoms with van der Waals surface area (Å²) in [5.41, 5.74) is 4.40. The zero-order chi connectivity index (χ0) is 11.3. The Morgan fingerprint density at radius 3 is 2.47 bits per heavy atom. The van der Waals surface area contributed by atoms with E-state index in [1.54, 1.807) is 6.07 Å². The molecule has 1 rings (SSSR count). The van der Waals surface area contributed by atoms with Crippen LogP contribution in [0.25, 0.3) is 0 Å². The van der Waals surface area contributed by atoms with E-state index in [1.807, 2.05) is 31.2 Å². The number of hydrazone groups is 1. The third kappa shape index (κ3) is 3.24. The van der Waals surface area contributed by atoms with Crippen molar-refractivity contribution in [2.45, 2.75) is 13.8 Å². The SMILES string of the molecule is CC(=O)/C(C#N)=N\Nc1ccc(C)cc1.